The Morgan fingerprint density at radius 2 is 1.69 bits per heavy atom. The summed E-state index contributed by atoms with van der Waals surface area (Å²) in [4.78, 5) is 4.59. The lowest BCUT2D eigenvalue weighted by molar-refractivity contribution is 0.868. The van der Waals surface area contributed by atoms with Gasteiger partial charge in [-0.1, -0.05) is 44.2 Å². The maximum Gasteiger partial charge on any atom is 0.0708 e. The van der Waals surface area contributed by atoms with E-state index in [1.165, 1.54) is 11.1 Å². The molecule has 0 N–H and O–H groups in total. The largest absolute Gasteiger partial charge is 0.253 e. The molecule has 0 unspecified atom stereocenters. The summed E-state index contributed by atoms with van der Waals surface area (Å²) in [7, 11) is 0. The third-order valence-electron chi connectivity index (χ3n) is 2.75. The zero-order valence-corrected chi connectivity index (χ0v) is 10.1. The standard InChI is InChI=1S/C15H17N/c1-11(2)13-8-4-5-9-14(13)15-10-6-7-12(3)16-15/h4-11H,1-3H3. The summed E-state index contributed by atoms with van der Waals surface area (Å²) in [6.07, 6.45) is 0. The number of aryl methyl sites for hydroxylation is 1. The Hall–Kier alpha value is -1.63. The van der Waals surface area contributed by atoms with Gasteiger partial charge >= 0.3 is 0 Å². The molecule has 0 saturated carbocycles. The van der Waals surface area contributed by atoms with Crippen LogP contribution in [0.25, 0.3) is 11.3 Å². The van der Waals surface area contributed by atoms with E-state index in [-0.39, 0.29) is 0 Å². The van der Waals surface area contributed by atoms with Gasteiger partial charge in [0.25, 0.3) is 0 Å². The van der Waals surface area contributed by atoms with Crippen LogP contribution < -0.4 is 0 Å². The molecule has 1 aromatic carbocycles. The number of aromatic nitrogens is 1. The van der Waals surface area contributed by atoms with Gasteiger partial charge in [0.15, 0.2) is 0 Å². The van der Waals surface area contributed by atoms with E-state index in [2.05, 4.69) is 55.2 Å². The minimum absolute atomic E-state index is 0.526. The number of benzene rings is 1. The van der Waals surface area contributed by atoms with Gasteiger partial charge in [-0.25, -0.2) is 0 Å². The highest BCUT2D eigenvalue weighted by atomic mass is 14.7. The van der Waals surface area contributed by atoms with E-state index in [1.807, 2.05) is 13.0 Å². The Labute approximate surface area is 97.2 Å². The highest BCUT2D eigenvalue weighted by Gasteiger charge is 2.08. The van der Waals surface area contributed by atoms with Gasteiger partial charge in [0.2, 0.25) is 0 Å². The number of rotatable bonds is 2. The molecule has 0 aliphatic rings. The Kier molecular flexibility index (Phi) is 3.04. The van der Waals surface area contributed by atoms with Crippen LogP contribution in [-0.2, 0) is 0 Å². The van der Waals surface area contributed by atoms with E-state index >= 15 is 0 Å². The van der Waals surface area contributed by atoms with Crippen molar-refractivity contribution in [2.75, 3.05) is 0 Å². The van der Waals surface area contributed by atoms with Crippen LogP contribution in [0.15, 0.2) is 42.5 Å². The molecule has 0 aliphatic carbocycles. The van der Waals surface area contributed by atoms with Gasteiger partial charge < -0.3 is 0 Å². The predicted octanol–water partition coefficient (Wildman–Crippen LogP) is 4.18. The van der Waals surface area contributed by atoms with E-state index in [0.29, 0.717) is 5.92 Å². The van der Waals surface area contributed by atoms with Crippen molar-refractivity contribution in [2.45, 2.75) is 26.7 Å². The summed E-state index contributed by atoms with van der Waals surface area (Å²) >= 11 is 0. The van der Waals surface area contributed by atoms with E-state index in [0.717, 1.165) is 11.4 Å². The summed E-state index contributed by atoms with van der Waals surface area (Å²) in [5, 5.41) is 0. The molecule has 2 aromatic rings. The Bertz CT molecular complexity index is 486. The number of hydrogen-bond donors (Lipinski definition) is 0. The highest BCUT2D eigenvalue weighted by molar-refractivity contribution is 5.64. The van der Waals surface area contributed by atoms with Gasteiger partial charge in [0, 0.05) is 11.3 Å². The molecule has 0 radical (unpaired) electrons. The first-order valence-electron chi connectivity index (χ1n) is 5.71. The second kappa shape index (κ2) is 4.48. The van der Waals surface area contributed by atoms with Crippen LogP contribution in [0.5, 0.6) is 0 Å². The fourth-order valence-electron chi connectivity index (χ4n) is 1.93. The van der Waals surface area contributed by atoms with Crippen LogP contribution in [-0.4, -0.2) is 4.98 Å². The van der Waals surface area contributed by atoms with Crippen molar-refractivity contribution < 1.29 is 0 Å². The van der Waals surface area contributed by atoms with Gasteiger partial charge in [-0.05, 0) is 30.5 Å². The van der Waals surface area contributed by atoms with Crippen LogP contribution in [0.4, 0.5) is 0 Å². The molecule has 0 saturated heterocycles. The highest BCUT2D eigenvalue weighted by Crippen LogP contribution is 2.27. The minimum Gasteiger partial charge on any atom is -0.253 e. The van der Waals surface area contributed by atoms with Gasteiger partial charge in [0.05, 0.1) is 5.69 Å². The number of hydrogen-bond acceptors (Lipinski definition) is 1. The molecule has 0 spiro atoms. The molecule has 1 aromatic heterocycles. The van der Waals surface area contributed by atoms with Crippen LogP contribution in [0.3, 0.4) is 0 Å². The van der Waals surface area contributed by atoms with E-state index in [9.17, 15) is 0 Å². The molecule has 0 aliphatic heterocycles. The van der Waals surface area contributed by atoms with Crippen molar-refractivity contribution in [1.82, 2.24) is 4.98 Å². The minimum atomic E-state index is 0.526. The van der Waals surface area contributed by atoms with Gasteiger partial charge in [-0.2, -0.15) is 0 Å². The van der Waals surface area contributed by atoms with Gasteiger partial charge in [0.1, 0.15) is 0 Å². The summed E-state index contributed by atoms with van der Waals surface area (Å²) in [5.74, 6) is 0.526. The first-order chi connectivity index (χ1) is 7.68. The SMILES string of the molecule is Cc1cccc(-c2ccccc2C(C)C)n1. The summed E-state index contributed by atoms with van der Waals surface area (Å²) in [6.45, 7) is 6.46. The maximum atomic E-state index is 4.59. The van der Waals surface area contributed by atoms with Crippen molar-refractivity contribution >= 4 is 0 Å². The lowest BCUT2D eigenvalue weighted by atomic mass is 9.95. The van der Waals surface area contributed by atoms with Crippen molar-refractivity contribution in [2.24, 2.45) is 0 Å². The zero-order valence-electron chi connectivity index (χ0n) is 10.1. The van der Waals surface area contributed by atoms with Crippen molar-refractivity contribution in [3.05, 3.63) is 53.7 Å². The fourth-order valence-corrected chi connectivity index (χ4v) is 1.93. The summed E-state index contributed by atoms with van der Waals surface area (Å²) in [6, 6.07) is 14.7. The Morgan fingerprint density at radius 3 is 2.38 bits per heavy atom. The number of pyridine rings is 1. The zero-order chi connectivity index (χ0) is 11.5. The van der Waals surface area contributed by atoms with Gasteiger partial charge in [-0.3, -0.25) is 4.98 Å². The maximum absolute atomic E-state index is 4.59. The molecule has 16 heavy (non-hydrogen) atoms. The van der Waals surface area contributed by atoms with Crippen LogP contribution in [0.2, 0.25) is 0 Å². The summed E-state index contributed by atoms with van der Waals surface area (Å²) in [5.41, 5.74) is 4.75. The van der Waals surface area contributed by atoms with Crippen LogP contribution in [0, 0.1) is 6.92 Å². The second-order valence-electron chi connectivity index (χ2n) is 4.41. The lowest BCUT2D eigenvalue weighted by Crippen LogP contribution is -1.94. The monoisotopic (exact) mass is 211 g/mol. The smallest absolute Gasteiger partial charge is 0.0708 e. The first kappa shape index (κ1) is 10.9. The van der Waals surface area contributed by atoms with Gasteiger partial charge in [-0.15, -0.1) is 0 Å². The topological polar surface area (TPSA) is 12.9 Å². The average Bonchev–Trinajstić information content (AvgIpc) is 2.29. The first-order valence-corrected chi connectivity index (χ1v) is 5.71. The van der Waals surface area contributed by atoms with Crippen molar-refractivity contribution in [3.8, 4) is 11.3 Å². The number of nitrogens with zero attached hydrogens (tertiary/aromatic N) is 1. The molecular weight excluding hydrogens is 194 g/mol. The molecule has 82 valence electrons. The molecule has 1 heterocycles. The average molecular weight is 211 g/mol. The predicted molar refractivity (Wildman–Crippen MR) is 68.5 cm³/mol. The molecule has 2 rings (SSSR count). The molecule has 0 atom stereocenters. The molecule has 0 bridgehead atoms. The van der Waals surface area contributed by atoms with Crippen LogP contribution in [0.1, 0.15) is 31.0 Å². The third-order valence-corrected chi connectivity index (χ3v) is 2.75. The Morgan fingerprint density at radius 1 is 0.938 bits per heavy atom. The second-order valence-corrected chi connectivity index (χ2v) is 4.41. The molecule has 1 heteroatoms. The molecule has 0 fully saturated rings. The normalized spacial score (nSPS) is 10.8. The van der Waals surface area contributed by atoms with E-state index < -0.39 is 0 Å². The Balaban J connectivity index is 2.55. The fraction of sp³-hybridized carbons (Fsp3) is 0.267. The molecule has 1 nitrogen and oxygen atoms in total. The van der Waals surface area contributed by atoms with E-state index in [1.54, 1.807) is 0 Å². The summed E-state index contributed by atoms with van der Waals surface area (Å²) < 4.78 is 0. The van der Waals surface area contributed by atoms with Crippen LogP contribution >= 0.6 is 0 Å². The molecule has 0 amide bonds. The van der Waals surface area contributed by atoms with E-state index in [4.69, 9.17) is 0 Å². The lowest BCUT2D eigenvalue weighted by Gasteiger charge is -2.12. The quantitative estimate of drug-likeness (QED) is 0.726. The van der Waals surface area contributed by atoms with Crippen molar-refractivity contribution in [1.29, 1.82) is 0 Å². The molecular formula is C15H17N. The van der Waals surface area contributed by atoms with Crippen molar-refractivity contribution in [3.63, 3.8) is 0 Å². The third kappa shape index (κ3) is 2.13.